The number of aryl methyl sites for hydroxylation is 2. The smallest absolute Gasteiger partial charge is 0.226 e. The monoisotopic (exact) mass is 327 g/mol. The molecule has 120 valence electrons. The molecule has 1 aromatic carbocycles. The van der Waals surface area contributed by atoms with Crippen molar-refractivity contribution in [1.29, 1.82) is 0 Å². The van der Waals surface area contributed by atoms with E-state index in [9.17, 15) is 0 Å². The largest absolute Gasteiger partial charge is 0.441 e. The number of aromatic nitrogens is 2. The summed E-state index contributed by atoms with van der Waals surface area (Å²) in [5, 5.41) is 3.13. The standard InChI is InChI=1S/C18H21N3OS/c1-12-5-7-15(8-6-12)17-20-16(14(3)22-17)11-21(4)13(2)18-19-9-10-23-18/h5-10,13H,11H2,1-4H3. The first kappa shape index (κ1) is 15.9. The minimum Gasteiger partial charge on any atom is -0.441 e. The van der Waals surface area contributed by atoms with E-state index in [1.807, 2.05) is 30.6 Å². The Balaban J connectivity index is 1.77. The number of hydrogen-bond acceptors (Lipinski definition) is 5. The van der Waals surface area contributed by atoms with Gasteiger partial charge in [-0.05, 0) is 40.0 Å². The number of benzene rings is 1. The Labute approximate surface area is 140 Å². The second kappa shape index (κ2) is 6.64. The van der Waals surface area contributed by atoms with Gasteiger partial charge in [-0.3, -0.25) is 4.90 Å². The maximum Gasteiger partial charge on any atom is 0.226 e. The lowest BCUT2D eigenvalue weighted by Crippen LogP contribution is -2.22. The van der Waals surface area contributed by atoms with E-state index in [-0.39, 0.29) is 6.04 Å². The molecule has 0 radical (unpaired) electrons. The molecule has 0 saturated carbocycles. The molecule has 3 aromatic rings. The van der Waals surface area contributed by atoms with Gasteiger partial charge in [0.05, 0.1) is 11.7 Å². The molecular formula is C18H21N3OS. The molecule has 0 aliphatic carbocycles. The average Bonchev–Trinajstić information content (AvgIpc) is 3.18. The van der Waals surface area contributed by atoms with Crippen molar-refractivity contribution in [1.82, 2.24) is 14.9 Å². The van der Waals surface area contributed by atoms with Crippen molar-refractivity contribution in [3.8, 4) is 11.5 Å². The summed E-state index contributed by atoms with van der Waals surface area (Å²) in [6.07, 6.45) is 1.85. The molecular weight excluding hydrogens is 306 g/mol. The minimum absolute atomic E-state index is 0.258. The van der Waals surface area contributed by atoms with E-state index in [2.05, 4.69) is 47.9 Å². The van der Waals surface area contributed by atoms with Crippen LogP contribution in [0.4, 0.5) is 0 Å². The third-order valence-electron chi connectivity index (χ3n) is 4.06. The van der Waals surface area contributed by atoms with Crippen LogP contribution in [-0.2, 0) is 6.54 Å². The van der Waals surface area contributed by atoms with Crippen LogP contribution in [0.5, 0.6) is 0 Å². The van der Waals surface area contributed by atoms with E-state index in [1.54, 1.807) is 11.3 Å². The first-order chi connectivity index (χ1) is 11.0. The van der Waals surface area contributed by atoms with E-state index in [0.29, 0.717) is 5.89 Å². The number of nitrogens with zero attached hydrogens (tertiary/aromatic N) is 3. The molecule has 2 heterocycles. The van der Waals surface area contributed by atoms with Gasteiger partial charge in [-0.1, -0.05) is 17.7 Å². The zero-order chi connectivity index (χ0) is 16.4. The highest BCUT2D eigenvalue weighted by Gasteiger charge is 2.18. The predicted octanol–water partition coefficient (Wildman–Crippen LogP) is 4.61. The van der Waals surface area contributed by atoms with Crippen molar-refractivity contribution >= 4 is 11.3 Å². The molecule has 0 N–H and O–H groups in total. The Hall–Kier alpha value is -1.98. The van der Waals surface area contributed by atoms with Crippen molar-refractivity contribution < 1.29 is 4.42 Å². The normalized spacial score (nSPS) is 12.7. The van der Waals surface area contributed by atoms with E-state index < -0.39 is 0 Å². The Morgan fingerprint density at radius 1 is 1.22 bits per heavy atom. The van der Waals surface area contributed by atoms with Gasteiger partial charge in [-0.15, -0.1) is 11.3 Å². The third-order valence-corrected chi connectivity index (χ3v) is 5.01. The number of oxazole rings is 1. The van der Waals surface area contributed by atoms with Crippen LogP contribution in [0, 0.1) is 13.8 Å². The van der Waals surface area contributed by atoms with E-state index in [4.69, 9.17) is 4.42 Å². The van der Waals surface area contributed by atoms with Crippen LogP contribution in [-0.4, -0.2) is 21.9 Å². The number of rotatable bonds is 5. The molecule has 23 heavy (non-hydrogen) atoms. The summed E-state index contributed by atoms with van der Waals surface area (Å²) in [7, 11) is 2.09. The second-order valence-electron chi connectivity index (χ2n) is 5.85. The molecule has 1 unspecified atom stereocenters. The van der Waals surface area contributed by atoms with Crippen LogP contribution in [0.1, 0.15) is 35.0 Å². The van der Waals surface area contributed by atoms with Crippen LogP contribution >= 0.6 is 11.3 Å². The number of thiazole rings is 1. The summed E-state index contributed by atoms with van der Waals surface area (Å²) in [5.74, 6) is 1.56. The van der Waals surface area contributed by atoms with Gasteiger partial charge in [0.15, 0.2) is 0 Å². The van der Waals surface area contributed by atoms with Crippen LogP contribution in [0.3, 0.4) is 0 Å². The van der Waals surface area contributed by atoms with Crippen molar-refractivity contribution in [3.63, 3.8) is 0 Å². The molecule has 5 heteroatoms. The summed E-state index contributed by atoms with van der Waals surface area (Å²) >= 11 is 1.68. The molecule has 0 spiro atoms. The average molecular weight is 327 g/mol. The Kier molecular flexibility index (Phi) is 4.59. The highest BCUT2D eigenvalue weighted by molar-refractivity contribution is 7.09. The van der Waals surface area contributed by atoms with Crippen LogP contribution in [0.15, 0.2) is 40.3 Å². The summed E-state index contributed by atoms with van der Waals surface area (Å²) in [5.41, 5.74) is 3.22. The fourth-order valence-corrected chi connectivity index (χ4v) is 3.16. The highest BCUT2D eigenvalue weighted by atomic mass is 32.1. The van der Waals surface area contributed by atoms with Crippen molar-refractivity contribution in [2.75, 3.05) is 7.05 Å². The lowest BCUT2D eigenvalue weighted by Gasteiger charge is -2.21. The summed E-state index contributed by atoms with van der Waals surface area (Å²) in [6.45, 7) is 6.95. The van der Waals surface area contributed by atoms with E-state index in [1.165, 1.54) is 5.56 Å². The molecule has 4 nitrogen and oxygen atoms in total. The van der Waals surface area contributed by atoms with Crippen LogP contribution < -0.4 is 0 Å². The van der Waals surface area contributed by atoms with Gasteiger partial charge in [-0.2, -0.15) is 0 Å². The fourth-order valence-electron chi connectivity index (χ4n) is 2.40. The van der Waals surface area contributed by atoms with Gasteiger partial charge in [0.2, 0.25) is 5.89 Å². The van der Waals surface area contributed by atoms with Gasteiger partial charge >= 0.3 is 0 Å². The van der Waals surface area contributed by atoms with Gasteiger partial charge in [0.1, 0.15) is 10.8 Å². The van der Waals surface area contributed by atoms with Gasteiger partial charge in [0, 0.05) is 23.7 Å². The molecule has 0 saturated heterocycles. The predicted molar refractivity (Wildman–Crippen MR) is 93.4 cm³/mol. The lowest BCUT2D eigenvalue weighted by atomic mass is 10.1. The summed E-state index contributed by atoms with van der Waals surface area (Å²) in [4.78, 5) is 11.3. The van der Waals surface area contributed by atoms with Crippen molar-refractivity contribution in [2.24, 2.45) is 0 Å². The molecule has 0 fully saturated rings. The summed E-state index contributed by atoms with van der Waals surface area (Å²) in [6, 6.07) is 8.50. The van der Waals surface area contributed by atoms with Gasteiger partial charge < -0.3 is 4.42 Å². The molecule has 3 rings (SSSR count). The molecule has 0 bridgehead atoms. The zero-order valence-electron chi connectivity index (χ0n) is 13.9. The van der Waals surface area contributed by atoms with Crippen LogP contribution in [0.25, 0.3) is 11.5 Å². The maximum atomic E-state index is 5.86. The van der Waals surface area contributed by atoms with Crippen molar-refractivity contribution in [2.45, 2.75) is 33.4 Å². The summed E-state index contributed by atoms with van der Waals surface area (Å²) < 4.78 is 5.86. The topological polar surface area (TPSA) is 42.2 Å². The zero-order valence-corrected chi connectivity index (χ0v) is 14.7. The first-order valence-electron chi connectivity index (χ1n) is 7.67. The lowest BCUT2D eigenvalue weighted by molar-refractivity contribution is 0.248. The molecule has 0 amide bonds. The van der Waals surface area contributed by atoms with Gasteiger partial charge in [-0.25, -0.2) is 9.97 Å². The van der Waals surface area contributed by atoms with E-state index >= 15 is 0 Å². The molecule has 2 aromatic heterocycles. The van der Waals surface area contributed by atoms with Crippen LogP contribution in [0.2, 0.25) is 0 Å². The Bertz CT molecular complexity index is 762. The molecule has 0 aliphatic heterocycles. The third kappa shape index (κ3) is 3.51. The Morgan fingerprint density at radius 3 is 2.61 bits per heavy atom. The molecule has 1 atom stereocenters. The second-order valence-corrected chi connectivity index (χ2v) is 6.78. The fraction of sp³-hybridized carbons (Fsp3) is 0.333. The van der Waals surface area contributed by atoms with E-state index in [0.717, 1.165) is 28.6 Å². The number of hydrogen-bond donors (Lipinski definition) is 0. The quantitative estimate of drug-likeness (QED) is 0.686. The SMILES string of the molecule is Cc1ccc(-c2nc(CN(C)C(C)c3nccs3)c(C)o2)cc1. The minimum atomic E-state index is 0.258. The first-order valence-corrected chi connectivity index (χ1v) is 8.55. The maximum absolute atomic E-state index is 5.86. The van der Waals surface area contributed by atoms with Crippen molar-refractivity contribution in [3.05, 3.63) is 57.9 Å². The molecule has 0 aliphatic rings. The van der Waals surface area contributed by atoms with Gasteiger partial charge in [0.25, 0.3) is 0 Å². The Morgan fingerprint density at radius 2 is 1.96 bits per heavy atom. The highest BCUT2D eigenvalue weighted by Crippen LogP contribution is 2.26.